The maximum absolute atomic E-state index is 13.4. The van der Waals surface area contributed by atoms with Crippen LogP contribution in [0.1, 0.15) is 64.4 Å². The number of hydrogen-bond acceptors (Lipinski definition) is 5. The van der Waals surface area contributed by atoms with E-state index in [0.29, 0.717) is 11.5 Å². The Balaban J connectivity index is 1.42. The molecule has 0 spiro atoms. The van der Waals surface area contributed by atoms with Gasteiger partial charge in [0.1, 0.15) is 12.3 Å². The lowest BCUT2D eigenvalue weighted by atomic mass is 10.0. The molecule has 0 saturated heterocycles. The van der Waals surface area contributed by atoms with Gasteiger partial charge in [-0.05, 0) is 74.1 Å². The molecule has 5 rings (SSSR count). The number of fused-ring (bicyclic) bond motifs is 2. The standard InChI is InChI=1S/C31H33N3O5/c1-18-4-5-21-13-28(24(30(32)37)11-22(21)10-18)39-16-27(35)25-14-34(15-29(36)33-17-31(2,3)38)26-12-20(19-6-7-19)8-9-23(25)26/h4-5,8-14,19,38H,6-7,15-17H2,1-3H3,(H2,32,37)(H,33,36). The summed E-state index contributed by atoms with van der Waals surface area (Å²) in [6.07, 6.45) is 3.94. The fourth-order valence-electron chi connectivity index (χ4n) is 4.79. The number of ketones is 1. The monoisotopic (exact) mass is 527 g/mol. The Bertz CT molecular complexity index is 1610. The largest absolute Gasteiger partial charge is 0.485 e. The van der Waals surface area contributed by atoms with Crippen LogP contribution in [-0.2, 0) is 11.3 Å². The third kappa shape index (κ3) is 5.96. The van der Waals surface area contributed by atoms with Crippen molar-refractivity contribution in [1.29, 1.82) is 0 Å². The third-order valence-corrected chi connectivity index (χ3v) is 7.01. The van der Waals surface area contributed by atoms with E-state index in [1.54, 1.807) is 36.7 Å². The molecule has 1 aliphatic rings. The van der Waals surface area contributed by atoms with Gasteiger partial charge in [0.25, 0.3) is 5.91 Å². The molecule has 0 aliphatic heterocycles. The van der Waals surface area contributed by atoms with Crippen molar-refractivity contribution in [2.24, 2.45) is 5.73 Å². The van der Waals surface area contributed by atoms with E-state index in [1.807, 2.05) is 43.3 Å². The molecule has 1 fully saturated rings. The van der Waals surface area contributed by atoms with E-state index in [-0.39, 0.29) is 42.7 Å². The average molecular weight is 528 g/mol. The lowest BCUT2D eigenvalue weighted by Crippen LogP contribution is -2.39. The number of aliphatic hydroxyl groups is 1. The first-order valence-electron chi connectivity index (χ1n) is 13.1. The summed E-state index contributed by atoms with van der Waals surface area (Å²) in [6.45, 7) is 5.03. The summed E-state index contributed by atoms with van der Waals surface area (Å²) < 4.78 is 7.64. The zero-order valence-corrected chi connectivity index (χ0v) is 22.4. The minimum atomic E-state index is -1.03. The molecule has 39 heavy (non-hydrogen) atoms. The van der Waals surface area contributed by atoms with Crippen LogP contribution in [0.3, 0.4) is 0 Å². The predicted octanol–water partition coefficient (Wildman–Crippen LogP) is 4.23. The second kappa shape index (κ2) is 10.2. The molecule has 3 aromatic carbocycles. The number of aromatic nitrogens is 1. The number of nitrogens with two attached hydrogens (primary N) is 1. The maximum atomic E-state index is 13.4. The highest BCUT2D eigenvalue weighted by molar-refractivity contribution is 6.09. The van der Waals surface area contributed by atoms with Crippen molar-refractivity contribution in [3.63, 3.8) is 0 Å². The summed E-state index contributed by atoms with van der Waals surface area (Å²) in [4.78, 5) is 38.2. The van der Waals surface area contributed by atoms with Gasteiger partial charge in [0, 0.05) is 29.2 Å². The van der Waals surface area contributed by atoms with Crippen molar-refractivity contribution < 1.29 is 24.2 Å². The fourth-order valence-corrected chi connectivity index (χ4v) is 4.79. The first-order valence-corrected chi connectivity index (χ1v) is 13.1. The van der Waals surface area contributed by atoms with E-state index >= 15 is 0 Å². The normalized spacial score (nSPS) is 13.5. The van der Waals surface area contributed by atoms with Crippen LogP contribution in [0.2, 0.25) is 0 Å². The lowest BCUT2D eigenvalue weighted by Gasteiger charge is -2.17. The summed E-state index contributed by atoms with van der Waals surface area (Å²) in [5, 5.41) is 15.2. The number of carbonyl (C=O) groups excluding carboxylic acids is 3. The number of nitrogens with zero attached hydrogens (tertiary/aromatic N) is 1. The van der Waals surface area contributed by atoms with Gasteiger partial charge >= 0.3 is 0 Å². The van der Waals surface area contributed by atoms with Gasteiger partial charge < -0.3 is 25.5 Å². The molecule has 0 bridgehead atoms. The molecule has 0 atom stereocenters. The van der Waals surface area contributed by atoms with Crippen molar-refractivity contribution in [1.82, 2.24) is 9.88 Å². The number of ether oxygens (including phenoxy) is 1. The van der Waals surface area contributed by atoms with Crippen LogP contribution < -0.4 is 15.8 Å². The third-order valence-electron chi connectivity index (χ3n) is 7.01. The molecule has 202 valence electrons. The van der Waals surface area contributed by atoms with Gasteiger partial charge in [-0.3, -0.25) is 14.4 Å². The molecule has 1 aromatic heterocycles. The van der Waals surface area contributed by atoms with Gasteiger partial charge in [-0.1, -0.05) is 35.9 Å². The van der Waals surface area contributed by atoms with Crippen LogP contribution in [0, 0.1) is 6.92 Å². The van der Waals surface area contributed by atoms with Crippen LogP contribution in [0.4, 0.5) is 0 Å². The van der Waals surface area contributed by atoms with Crippen LogP contribution in [0.5, 0.6) is 5.75 Å². The Labute approximate surface area is 226 Å². The molecule has 1 heterocycles. The molecule has 1 saturated carbocycles. The van der Waals surface area contributed by atoms with Crippen LogP contribution in [0.25, 0.3) is 21.7 Å². The van der Waals surface area contributed by atoms with Gasteiger partial charge in [0.15, 0.2) is 6.61 Å². The fraction of sp³-hybridized carbons (Fsp3) is 0.323. The van der Waals surface area contributed by atoms with Crippen LogP contribution in [0.15, 0.2) is 54.7 Å². The van der Waals surface area contributed by atoms with Gasteiger partial charge in [-0.25, -0.2) is 0 Å². The van der Waals surface area contributed by atoms with Gasteiger partial charge in [-0.2, -0.15) is 0 Å². The first kappa shape index (κ1) is 26.4. The van der Waals surface area contributed by atoms with E-state index in [1.165, 1.54) is 5.56 Å². The topological polar surface area (TPSA) is 124 Å². The molecule has 4 aromatic rings. The first-order chi connectivity index (χ1) is 18.5. The minimum absolute atomic E-state index is 0.00471. The summed E-state index contributed by atoms with van der Waals surface area (Å²) >= 11 is 0. The summed E-state index contributed by atoms with van der Waals surface area (Å²) in [5.41, 5.74) is 8.26. The zero-order valence-electron chi connectivity index (χ0n) is 22.4. The SMILES string of the molecule is Cc1ccc2cc(OCC(=O)c3cn(CC(=O)NCC(C)(C)O)c4cc(C5CC5)ccc34)c(C(N)=O)cc2c1. The molecular formula is C31H33N3O5. The Kier molecular flexibility index (Phi) is 6.91. The number of Topliss-reactive ketones (excluding diaryl/α,β-unsaturated/α-hetero) is 1. The smallest absolute Gasteiger partial charge is 0.252 e. The van der Waals surface area contributed by atoms with Crippen LogP contribution >= 0.6 is 0 Å². The Hall–Kier alpha value is -4.17. The second-order valence-corrected chi connectivity index (χ2v) is 11.1. The Morgan fingerprint density at radius 1 is 1.05 bits per heavy atom. The quantitative estimate of drug-likeness (QED) is 0.266. The highest BCUT2D eigenvalue weighted by atomic mass is 16.5. The predicted molar refractivity (Wildman–Crippen MR) is 150 cm³/mol. The zero-order chi connectivity index (χ0) is 27.9. The molecule has 8 nitrogen and oxygen atoms in total. The molecule has 0 radical (unpaired) electrons. The number of nitrogens with one attached hydrogen (secondary N) is 1. The van der Waals surface area contributed by atoms with E-state index in [4.69, 9.17) is 10.5 Å². The molecular weight excluding hydrogens is 494 g/mol. The number of rotatable bonds is 10. The highest BCUT2D eigenvalue weighted by Gasteiger charge is 2.26. The Morgan fingerprint density at radius 2 is 1.82 bits per heavy atom. The molecule has 2 amide bonds. The summed E-state index contributed by atoms with van der Waals surface area (Å²) in [7, 11) is 0. The van der Waals surface area contributed by atoms with Crippen molar-refractivity contribution in [3.8, 4) is 5.75 Å². The number of amides is 2. The number of primary amides is 1. The Morgan fingerprint density at radius 3 is 2.51 bits per heavy atom. The van der Waals surface area contributed by atoms with Crippen molar-refractivity contribution in [3.05, 3.63) is 77.0 Å². The number of carbonyl (C=O) groups is 3. The average Bonchev–Trinajstić information content (AvgIpc) is 3.67. The van der Waals surface area contributed by atoms with E-state index < -0.39 is 11.5 Å². The van der Waals surface area contributed by atoms with E-state index in [0.717, 1.165) is 40.1 Å². The highest BCUT2D eigenvalue weighted by Crippen LogP contribution is 2.41. The number of aryl methyl sites for hydroxylation is 1. The molecule has 8 heteroatoms. The van der Waals surface area contributed by atoms with Gasteiger partial charge in [-0.15, -0.1) is 0 Å². The minimum Gasteiger partial charge on any atom is -0.485 e. The number of benzene rings is 3. The van der Waals surface area contributed by atoms with E-state index in [9.17, 15) is 19.5 Å². The maximum Gasteiger partial charge on any atom is 0.252 e. The van der Waals surface area contributed by atoms with Crippen LogP contribution in [-0.4, -0.2) is 46.0 Å². The van der Waals surface area contributed by atoms with E-state index in [2.05, 4.69) is 5.32 Å². The number of hydrogen-bond donors (Lipinski definition) is 3. The second-order valence-electron chi connectivity index (χ2n) is 11.1. The van der Waals surface area contributed by atoms with Crippen molar-refractivity contribution in [2.45, 2.75) is 51.7 Å². The molecule has 0 unspecified atom stereocenters. The van der Waals surface area contributed by atoms with Gasteiger partial charge in [0.2, 0.25) is 11.7 Å². The molecule has 1 aliphatic carbocycles. The van der Waals surface area contributed by atoms with Crippen molar-refractivity contribution >= 4 is 39.3 Å². The summed E-state index contributed by atoms with van der Waals surface area (Å²) in [6, 6.07) is 15.3. The lowest BCUT2D eigenvalue weighted by molar-refractivity contribution is -0.122. The summed E-state index contributed by atoms with van der Waals surface area (Å²) in [5.74, 6) is -0.430. The van der Waals surface area contributed by atoms with Gasteiger partial charge in [0.05, 0.1) is 11.2 Å². The van der Waals surface area contributed by atoms with Crippen molar-refractivity contribution in [2.75, 3.05) is 13.2 Å². The molecule has 4 N–H and O–H groups in total.